The van der Waals surface area contributed by atoms with Crippen LogP contribution in [0, 0.1) is 0 Å². The molecule has 1 rings (SSSR count). The Morgan fingerprint density at radius 2 is 2.24 bits per heavy atom. The van der Waals surface area contributed by atoms with Crippen molar-refractivity contribution in [1.29, 1.82) is 0 Å². The van der Waals surface area contributed by atoms with Crippen LogP contribution in [-0.2, 0) is 11.3 Å². The van der Waals surface area contributed by atoms with Gasteiger partial charge in [-0.15, -0.1) is 0 Å². The van der Waals surface area contributed by atoms with Crippen LogP contribution in [0.1, 0.15) is 26.7 Å². The average molecular weight is 239 g/mol. The Kier molecular flexibility index (Phi) is 5.69. The monoisotopic (exact) mass is 239 g/mol. The van der Waals surface area contributed by atoms with Crippen molar-refractivity contribution < 1.29 is 9.90 Å². The average Bonchev–Trinajstić information content (AvgIpc) is 2.74. The first-order valence-electron chi connectivity index (χ1n) is 6.03. The quantitative estimate of drug-likeness (QED) is 0.746. The molecule has 1 aromatic heterocycles. The first-order chi connectivity index (χ1) is 8.09. The van der Waals surface area contributed by atoms with Gasteiger partial charge in [-0.1, -0.05) is 0 Å². The molecule has 0 bridgehead atoms. The second-order valence-corrected chi connectivity index (χ2v) is 4.40. The van der Waals surface area contributed by atoms with E-state index in [1.165, 1.54) is 0 Å². The van der Waals surface area contributed by atoms with Crippen molar-refractivity contribution >= 4 is 5.97 Å². The fraction of sp³-hybridized carbons (Fsp3) is 0.667. The van der Waals surface area contributed by atoms with Gasteiger partial charge in [-0.2, -0.15) is 5.10 Å². The highest BCUT2D eigenvalue weighted by Gasteiger charge is 2.09. The molecule has 0 spiro atoms. The third kappa shape index (κ3) is 5.49. The molecule has 0 aromatic carbocycles. The number of carbonyl (C=O) groups is 1. The molecule has 0 amide bonds. The van der Waals surface area contributed by atoms with Gasteiger partial charge in [-0.25, -0.2) is 0 Å². The van der Waals surface area contributed by atoms with Crippen LogP contribution < -0.4 is 0 Å². The molecule has 0 aliphatic carbocycles. The summed E-state index contributed by atoms with van der Waals surface area (Å²) in [6.07, 6.45) is 4.65. The zero-order chi connectivity index (χ0) is 12.7. The zero-order valence-corrected chi connectivity index (χ0v) is 10.5. The Bertz CT molecular complexity index is 323. The van der Waals surface area contributed by atoms with Crippen LogP contribution in [-0.4, -0.2) is 44.9 Å². The molecule has 0 fully saturated rings. The molecule has 0 aliphatic heterocycles. The molecular formula is C12H21N3O2. The van der Waals surface area contributed by atoms with Gasteiger partial charge in [-0.05, 0) is 32.9 Å². The summed E-state index contributed by atoms with van der Waals surface area (Å²) in [6, 6.07) is 2.34. The molecule has 1 aromatic rings. The van der Waals surface area contributed by atoms with Crippen molar-refractivity contribution in [2.75, 3.05) is 13.1 Å². The number of hydrogen-bond donors (Lipinski definition) is 1. The zero-order valence-electron chi connectivity index (χ0n) is 10.5. The summed E-state index contributed by atoms with van der Waals surface area (Å²) in [4.78, 5) is 12.7. The summed E-state index contributed by atoms with van der Waals surface area (Å²) in [5.41, 5.74) is 0. The number of rotatable bonds is 8. The lowest BCUT2D eigenvalue weighted by Crippen LogP contribution is -2.35. The predicted molar refractivity (Wildman–Crippen MR) is 65.8 cm³/mol. The van der Waals surface area contributed by atoms with E-state index in [0.29, 0.717) is 12.5 Å². The van der Waals surface area contributed by atoms with Crippen LogP contribution in [0.4, 0.5) is 0 Å². The lowest BCUT2D eigenvalue weighted by Gasteiger charge is -2.26. The minimum Gasteiger partial charge on any atom is -0.481 e. The van der Waals surface area contributed by atoms with Crippen molar-refractivity contribution in [2.45, 2.75) is 39.3 Å². The van der Waals surface area contributed by atoms with Gasteiger partial charge in [0.2, 0.25) is 0 Å². The Morgan fingerprint density at radius 1 is 1.47 bits per heavy atom. The van der Waals surface area contributed by atoms with Crippen molar-refractivity contribution in [3.63, 3.8) is 0 Å². The summed E-state index contributed by atoms with van der Waals surface area (Å²) in [5.74, 6) is -0.721. The lowest BCUT2D eigenvalue weighted by atomic mass is 10.2. The van der Waals surface area contributed by atoms with E-state index >= 15 is 0 Å². The number of carboxylic acids is 1. The van der Waals surface area contributed by atoms with Crippen molar-refractivity contribution in [3.8, 4) is 0 Å². The van der Waals surface area contributed by atoms with Gasteiger partial charge < -0.3 is 5.11 Å². The van der Waals surface area contributed by atoms with Crippen LogP contribution in [0.15, 0.2) is 18.5 Å². The highest BCUT2D eigenvalue weighted by Crippen LogP contribution is 2.02. The SMILES string of the molecule is CC(C)N(CCCC(=O)O)CCn1cccn1. The topological polar surface area (TPSA) is 58.4 Å². The molecule has 0 aliphatic rings. The number of carboxylic acid groups (broad SMARTS) is 1. The largest absolute Gasteiger partial charge is 0.481 e. The van der Waals surface area contributed by atoms with Crippen molar-refractivity contribution in [1.82, 2.24) is 14.7 Å². The van der Waals surface area contributed by atoms with Gasteiger partial charge in [0, 0.05) is 31.4 Å². The Labute approximate surface area is 102 Å². The van der Waals surface area contributed by atoms with E-state index in [2.05, 4.69) is 23.8 Å². The van der Waals surface area contributed by atoms with E-state index in [1.807, 2.05) is 16.9 Å². The molecule has 17 heavy (non-hydrogen) atoms. The Morgan fingerprint density at radius 3 is 2.76 bits per heavy atom. The van der Waals surface area contributed by atoms with Gasteiger partial charge in [0.25, 0.3) is 0 Å². The predicted octanol–water partition coefficient (Wildman–Crippen LogP) is 1.46. The molecule has 0 radical (unpaired) electrons. The van der Waals surface area contributed by atoms with E-state index in [9.17, 15) is 4.79 Å². The smallest absolute Gasteiger partial charge is 0.303 e. The van der Waals surface area contributed by atoms with E-state index in [1.54, 1.807) is 6.20 Å². The molecule has 0 saturated carbocycles. The number of aromatic nitrogens is 2. The van der Waals surface area contributed by atoms with Gasteiger partial charge in [0.15, 0.2) is 0 Å². The molecule has 0 unspecified atom stereocenters. The van der Waals surface area contributed by atoms with E-state index in [4.69, 9.17) is 5.11 Å². The molecule has 1 N–H and O–H groups in total. The van der Waals surface area contributed by atoms with Gasteiger partial charge >= 0.3 is 5.97 Å². The third-order valence-electron chi connectivity index (χ3n) is 2.74. The fourth-order valence-corrected chi connectivity index (χ4v) is 1.73. The third-order valence-corrected chi connectivity index (χ3v) is 2.74. The molecule has 0 saturated heterocycles. The highest BCUT2D eigenvalue weighted by molar-refractivity contribution is 5.66. The van der Waals surface area contributed by atoms with Crippen LogP contribution in [0.5, 0.6) is 0 Å². The van der Waals surface area contributed by atoms with E-state index < -0.39 is 5.97 Å². The summed E-state index contributed by atoms with van der Waals surface area (Å²) in [5, 5.41) is 12.8. The normalized spacial score (nSPS) is 11.3. The minimum atomic E-state index is -0.721. The van der Waals surface area contributed by atoms with E-state index in [-0.39, 0.29) is 6.42 Å². The molecule has 5 heteroatoms. The van der Waals surface area contributed by atoms with Gasteiger partial charge in [-0.3, -0.25) is 14.4 Å². The number of aliphatic carboxylic acids is 1. The van der Waals surface area contributed by atoms with Gasteiger partial charge in [0.05, 0.1) is 6.54 Å². The van der Waals surface area contributed by atoms with Crippen molar-refractivity contribution in [3.05, 3.63) is 18.5 Å². The van der Waals surface area contributed by atoms with Crippen molar-refractivity contribution in [2.24, 2.45) is 0 Å². The first-order valence-corrected chi connectivity index (χ1v) is 6.03. The fourth-order valence-electron chi connectivity index (χ4n) is 1.73. The maximum atomic E-state index is 10.5. The second kappa shape index (κ2) is 7.06. The summed E-state index contributed by atoms with van der Waals surface area (Å²) < 4.78 is 1.90. The van der Waals surface area contributed by atoms with Crippen LogP contribution >= 0.6 is 0 Å². The molecule has 96 valence electrons. The van der Waals surface area contributed by atoms with Crippen LogP contribution in [0.3, 0.4) is 0 Å². The number of nitrogens with zero attached hydrogens (tertiary/aromatic N) is 3. The highest BCUT2D eigenvalue weighted by atomic mass is 16.4. The summed E-state index contributed by atoms with van der Waals surface area (Å²) in [7, 11) is 0. The van der Waals surface area contributed by atoms with Crippen LogP contribution in [0.25, 0.3) is 0 Å². The van der Waals surface area contributed by atoms with E-state index in [0.717, 1.165) is 19.6 Å². The summed E-state index contributed by atoms with van der Waals surface area (Å²) in [6.45, 7) is 6.83. The molecule has 0 atom stereocenters. The standard InChI is InChI=1S/C12H21N3O2/c1-11(2)14(7-3-5-12(16)17)9-10-15-8-4-6-13-15/h4,6,8,11H,3,5,7,9-10H2,1-2H3,(H,16,17). The maximum absolute atomic E-state index is 10.5. The molecule has 1 heterocycles. The number of hydrogen-bond acceptors (Lipinski definition) is 3. The lowest BCUT2D eigenvalue weighted by molar-refractivity contribution is -0.137. The van der Waals surface area contributed by atoms with Crippen LogP contribution in [0.2, 0.25) is 0 Å². The molecular weight excluding hydrogens is 218 g/mol. The summed E-state index contributed by atoms with van der Waals surface area (Å²) >= 11 is 0. The maximum Gasteiger partial charge on any atom is 0.303 e. The minimum absolute atomic E-state index is 0.241. The van der Waals surface area contributed by atoms with Gasteiger partial charge in [0.1, 0.15) is 0 Å². The Balaban J connectivity index is 2.30. The second-order valence-electron chi connectivity index (χ2n) is 4.40. The molecule has 5 nitrogen and oxygen atoms in total. The Hall–Kier alpha value is -1.36. The first kappa shape index (κ1) is 13.7.